The standard InChI is InChI=1S/C22H22F4O/c1-14-3-4-15(11-19(14)22(24,25)26)12-20(27)21(2)10-9-17(13-21)16-5-7-18(23)8-6-16/h3-8,11,17H,9-10,12-13H2,1-2H3/t17?,21-/m0/s1. The zero-order valence-electron chi connectivity index (χ0n) is 15.4. The molecule has 0 bridgehead atoms. The summed E-state index contributed by atoms with van der Waals surface area (Å²) in [5, 5.41) is 0. The monoisotopic (exact) mass is 378 g/mol. The Morgan fingerprint density at radius 1 is 1.15 bits per heavy atom. The van der Waals surface area contributed by atoms with Gasteiger partial charge in [0.25, 0.3) is 0 Å². The van der Waals surface area contributed by atoms with Crippen LogP contribution in [-0.4, -0.2) is 5.78 Å². The number of alkyl halides is 3. The van der Waals surface area contributed by atoms with Gasteiger partial charge in [0.1, 0.15) is 11.6 Å². The number of hydrogen-bond acceptors (Lipinski definition) is 1. The molecular formula is C22H22F4O. The lowest BCUT2D eigenvalue weighted by Gasteiger charge is -2.23. The summed E-state index contributed by atoms with van der Waals surface area (Å²) < 4.78 is 52.4. The molecule has 0 radical (unpaired) electrons. The van der Waals surface area contributed by atoms with Crippen molar-refractivity contribution in [2.24, 2.45) is 5.41 Å². The third-order valence-corrected chi connectivity index (χ3v) is 5.73. The van der Waals surface area contributed by atoms with Gasteiger partial charge in [-0.15, -0.1) is 0 Å². The first-order valence-electron chi connectivity index (χ1n) is 9.04. The molecule has 0 aliphatic heterocycles. The number of Topliss-reactive ketones (excluding diaryl/α,β-unsaturated/α-hetero) is 1. The second-order valence-corrected chi connectivity index (χ2v) is 7.80. The number of carbonyl (C=O) groups excluding carboxylic acids is 1. The van der Waals surface area contributed by atoms with Gasteiger partial charge < -0.3 is 0 Å². The summed E-state index contributed by atoms with van der Waals surface area (Å²) in [7, 11) is 0. The summed E-state index contributed by atoms with van der Waals surface area (Å²) >= 11 is 0. The summed E-state index contributed by atoms with van der Waals surface area (Å²) in [6.07, 6.45) is -2.29. The number of halogens is 4. The number of aryl methyl sites for hydroxylation is 1. The molecule has 1 aliphatic rings. The van der Waals surface area contributed by atoms with Crippen molar-refractivity contribution in [2.75, 3.05) is 0 Å². The van der Waals surface area contributed by atoms with Crippen LogP contribution in [0.15, 0.2) is 42.5 Å². The van der Waals surface area contributed by atoms with Crippen LogP contribution in [0.2, 0.25) is 0 Å². The normalized spacial score (nSPS) is 22.8. The molecule has 1 unspecified atom stereocenters. The van der Waals surface area contributed by atoms with Gasteiger partial charge >= 0.3 is 6.18 Å². The average Bonchev–Trinajstić information content (AvgIpc) is 3.00. The first-order valence-corrected chi connectivity index (χ1v) is 9.04. The van der Waals surface area contributed by atoms with E-state index in [4.69, 9.17) is 0 Å². The van der Waals surface area contributed by atoms with Gasteiger partial charge in [-0.25, -0.2) is 4.39 Å². The van der Waals surface area contributed by atoms with E-state index in [1.54, 1.807) is 18.2 Å². The predicted octanol–water partition coefficient (Wildman–Crippen LogP) is 6.24. The maximum atomic E-state index is 13.1. The van der Waals surface area contributed by atoms with E-state index >= 15 is 0 Å². The lowest BCUT2D eigenvalue weighted by Crippen LogP contribution is -2.26. The van der Waals surface area contributed by atoms with Crippen molar-refractivity contribution in [3.8, 4) is 0 Å². The number of benzene rings is 2. The van der Waals surface area contributed by atoms with Gasteiger partial charge in [-0.3, -0.25) is 4.79 Å². The third kappa shape index (κ3) is 4.23. The molecule has 0 heterocycles. The van der Waals surface area contributed by atoms with Gasteiger partial charge in [0.05, 0.1) is 5.56 Å². The number of rotatable bonds is 4. The highest BCUT2D eigenvalue weighted by atomic mass is 19.4. The Morgan fingerprint density at radius 3 is 2.44 bits per heavy atom. The molecule has 3 rings (SSSR count). The number of hydrogen-bond donors (Lipinski definition) is 0. The molecule has 2 aromatic rings. The minimum Gasteiger partial charge on any atom is -0.299 e. The fourth-order valence-corrected chi connectivity index (χ4v) is 4.00. The fraction of sp³-hybridized carbons (Fsp3) is 0.409. The Bertz CT molecular complexity index is 838. The number of carbonyl (C=O) groups is 1. The molecule has 2 atom stereocenters. The van der Waals surface area contributed by atoms with E-state index in [2.05, 4.69) is 0 Å². The van der Waals surface area contributed by atoms with E-state index in [-0.39, 0.29) is 29.5 Å². The van der Waals surface area contributed by atoms with Crippen molar-refractivity contribution < 1.29 is 22.4 Å². The van der Waals surface area contributed by atoms with Crippen LogP contribution in [0.5, 0.6) is 0 Å². The molecule has 27 heavy (non-hydrogen) atoms. The lowest BCUT2D eigenvalue weighted by atomic mass is 9.79. The summed E-state index contributed by atoms with van der Waals surface area (Å²) in [5.41, 5.74) is 0.296. The van der Waals surface area contributed by atoms with Crippen LogP contribution in [-0.2, 0) is 17.4 Å². The molecule has 0 N–H and O–H groups in total. The zero-order valence-corrected chi connectivity index (χ0v) is 15.4. The largest absolute Gasteiger partial charge is 0.416 e. The van der Waals surface area contributed by atoms with Gasteiger partial charge in [0, 0.05) is 11.8 Å². The second kappa shape index (κ2) is 7.10. The van der Waals surface area contributed by atoms with E-state index in [0.717, 1.165) is 18.1 Å². The Morgan fingerprint density at radius 2 is 1.81 bits per heavy atom. The van der Waals surface area contributed by atoms with Gasteiger partial charge in [0.2, 0.25) is 0 Å². The van der Waals surface area contributed by atoms with Crippen LogP contribution in [0.25, 0.3) is 0 Å². The molecule has 0 aromatic heterocycles. The van der Waals surface area contributed by atoms with Crippen molar-refractivity contribution in [1.82, 2.24) is 0 Å². The maximum absolute atomic E-state index is 13.1. The molecule has 1 saturated carbocycles. The van der Waals surface area contributed by atoms with Crippen LogP contribution in [0.1, 0.15) is 54.4 Å². The summed E-state index contributed by atoms with van der Waals surface area (Å²) in [4.78, 5) is 12.9. The summed E-state index contributed by atoms with van der Waals surface area (Å²) in [6, 6.07) is 10.4. The highest BCUT2D eigenvalue weighted by Crippen LogP contribution is 2.47. The van der Waals surface area contributed by atoms with E-state index in [1.807, 2.05) is 6.92 Å². The molecular weight excluding hydrogens is 356 g/mol. The topological polar surface area (TPSA) is 17.1 Å². The minimum absolute atomic E-state index is 0.00397. The van der Waals surface area contributed by atoms with E-state index < -0.39 is 17.2 Å². The van der Waals surface area contributed by atoms with Crippen molar-refractivity contribution in [3.05, 3.63) is 70.5 Å². The lowest BCUT2D eigenvalue weighted by molar-refractivity contribution is -0.138. The van der Waals surface area contributed by atoms with E-state index in [0.29, 0.717) is 18.4 Å². The third-order valence-electron chi connectivity index (χ3n) is 5.73. The van der Waals surface area contributed by atoms with Crippen LogP contribution in [0.4, 0.5) is 17.6 Å². The first kappa shape index (κ1) is 19.6. The highest BCUT2D eigenvalue weighted by Gasteiger charge is 2.41. The van der Waals surface area contributed by atoms with Crippen LogP contribution in [0.3, 0.4) is 0 Å². The molecule has 1 nitrogen and oxygen atoms in total. The molecule has 0 amide bonds. The van der Waals surface area contributed by atoms with Crippen molar-refractivity contribution in [2.45, 2.75) is 51.6 Å². The van der Waals surface area contributed by atoms with E-state index in [9.17, 15) is 22.4 Å². The van der Waals surface area contributed by atoms with Crippen molar-refractivity contribution >= 4 is 5.78 Å². The molecule has 5 heteroatoms. The minimum atomic E-state index is -4.42. The molecule has 1 aliphatic carbocycles. The highest BCUT2D eigenvalue weighted by molar-refractivity contribution is 5.87. The molecule has 1 fully saturated rings. The number of ketones is 1. The Balaban J connectivity index is 1.74. The molecule has 0 spiro atoms. The first-order chi connectivity index (χ1) is 12.6. The molecule has 0 saturated heterocycles. The predicted molar refractivity (Wildman–Crippen MR) is 96.0 cm³/mol. The zero-order chi connectivity index (χ0) is 19.8. The van der Waals surface area contributed by atoms with Gasteiger partial charge in [-0.05, 0) is 67.0 Å². The SMILES string of the molecule is Cc1ccc(CC(=O)[C@@]2(C)CCC(c3ccc(F)cc3)C2)cc1C(F)(F)F. The Hall–Kier alpha value is -2.17. The molecule has 2 aromatic carbocycles. The maximum Gasteiger partial charge on any atom is 0.416 e. The van der Waals surface area contributed by atoms with Crippen LogP contribution >= 0.6 is 0 Å². The summed E-state index contributed by atoms with van der Waals surface area (Å²) in [5.74, 6) is -0.164. The van der Waals surface area contributed by atoms with Crippen molar-refractivity contribution in [3.63, 3.8) is 0 Å². The van der Waals surface area contributed by atoms with Crippen LogP contribution in [0, 0.1) is 18.2 Å². The quantitative estimate of drug-likeness (QED) is 0.576. The van der Waals surface area contributed by atoms with E-state index in [1.165, 1.54) is 25.1 Å². The fourth-order valence-electron chi connectivity index (χ4n) is 4.00. The summed E-state index contributed by atoms with van der Waals surface area (Å²) in [6.45, 7) is 3.30. The second-order valence-electron chi connectivity index (χ2n) is 7.80. The Kier molecular flexibility index (Phi) is 5.15. The smallest absolute Gasteiger partial charge is 0.299 e. The van der Waals surface area contributed by atoms with Crippen LogP contribution < -0.4 is 0 Å². The van der Waals surface area contributed by atoms with Crippen molar-refractivity contribution in [1.29, 1.82) is 0 Å². The van der Waals surface area contributed by atoms with Gasteiger partial charge in [-0.2, -0.15) is 13.2 Å². The molecule has 144 valence electrons. The average molecular weight is 378 g/mol. The Labute approximate surface area is 156 Å². The van der Waals surface area contributed by atoms with Gasteiger partial charge in [-0.1, -0.05) is 31.2 Å². The van der Waals surface area contributed by atoms with Gasteiger partial charge in [0.15, 0.2) is 0 Å².